The lowest BCUT2D eigenvalue weighted by molar-refractivity contribution is -0.387. The Hall–Kier alpha value is -2.13. The van der Waals surface area contributed by atoms with E-state index in [-0.39, 0.29) is 23.5 Å². The molecule has 0 aliphatic carbocycles. The van der Waals surface area contributed by atoms with Crippen LogP contribution in [-0.2, 0) is 4.79 Å². The fourth-order valence-electron chi connectivity index (χ4n) is 3.55. The molecule has 1 aromatic rings. The number of nitro groups is 1. The fourth-order valence-corrected chi connectivity index (χ4v) is 4.10. The first-order valence-electron chi connectivity index (χ1n) is 8.63. The highest BCUT2D eigenvalue weighted by molar-refractivity contribution is 7.98. The van der Waals surface area contributed by atoms with Crippen LogP contribution in [-0.4, -0.2) is 71.6 Å². The summed E-state index contributed by atoms with van der Waals surface area (Å²) in [7, 11) is 0. The van der Waals surface area contributed by atoms with Gasteiger partial charge in [0, 0.05) is 43.9 Å². The second-order valence-corrected chi connectivity index (χ2v) is 7.30. The van der Waals surface area contributed by atoms with Gasteiger partial charge in [0.1, 0.15) is 0 Å². The second-order valence-electron chi connectivity index (χ2n) is 6.45. The number of carbonyl (C=O) groups excluding carboxylic acids is 2. The molecule has 140 valence electrons. The van der Waals surface area contributed by atoms with Crippen molar-refractivity contribution in [1.82, 2.24) is 15.1 Å². The van der Waals surface area contributed by atoms with Crippen molar-refractivity contribution in [1.29, 1.82) is 0 Å². The standard InChI is InChI=1S/C17H22N4O4S/c1-26-15-5-4-12(9-14(15)21(24)25)17(23)19-7-2-3-13(11-19)20-8-6-18-10-16(20)22/h4-5,9,13,18H,2-3,6-8,10-11H2,1H3. The number of piperidine rings is 1. The van der Waals surface area contributed by atoms with Crippen LogP contribution in [0.15, 0.2) is 23.1 Å². The summed E-state index contributed by atoms with van der Waals surface area (Å²) in [6.07, 6.45) is 3.46. The van der Waals surface area contributed by atoms with E-state index in [1.807, 2.05) is 4.90 Å². The number of nitrogens with zero attached hydrogens (tertiary/aromatic N) is 3. The minimum absolute atomic E-state index is 0.0164. The van der Waals surface area contributed by atoms with Gasteiger partial charge in [0.2, 0.25) is 5.91 Å². The Morgan fingerprint density at radius 3 is 2.88 bits per heavy atom. The van der Waals surface area contributed by atoms with Crippen LogP contribution in [0, 0.1) is 10.1 Å². The highest BCUT2D eigenvalue weighted by Crippen LogP contribution is 2.29. The van der Waals surface area contributed by atoms with E-state index in [4.69, 9.17) is 0 Å². The van der Waals surface area contributed by atoms with Gasteiger partial charge in [0.25, 0.3) is 11.6 Å². The summed E-state index contributed by atoms with van der Waals surface area (Å²) >= 11 is 1.28. The molecular formula is C17H22N4O4S. The van der Waals surface area contributed by atoms with E-state index < -0.39 is 4.92 Å². The van der Waals surface area contributed by atoms with Crippen LogP contribution in [0.1, 0.15) is 23.2 Å². The number of rotatable bonds is 4. The Morgan fingerprint density at radius 2 is 2.19 bits per heavy atom. The van der Waals surface area contributed by atoms with Crippen molar-refractivity contribution < 1.29 is 14.5 Å². The molecule has 3 rings (SSSR count). The molecule has 1 unspecified atom stereocenters. The van der Waals surface area contributed by atoms with Gasteiger partial charge in [0.15, 0.2) is 0 Å². The molecule has 0 radical (unpaired) electrons. The third-order valence-corrected chi connectivity index (χ3v) is 5.66. The largest absolute Gasteiger partial charge is 0.337 e. The number of benzene rings is 1. The van der Waals surface area contributed by atoms with Gasteiger partial charge in [-0.2, -0.15) is 0 Å². The monoisotopic (exact) mass is 378 g/mol. The van der Waals surface area contributed by atoms with Crippen LogP contribution in [0.5, 0.6) is 0 Å². The summed E-state index contributed by atoms with van der Waals surface area (Å²) in [5.74, 6) is -0.149. The average Bonchev–Trinajstić information content (AvgIpc) is 2.67. The molecule has 26 heavy (non-hydrogen) atoms. The van der Waals surface area contributed by atoms with E-state index in [1.54, 1.807) is 23.3 Å². The number of likely N-dealkylation sites (tertiary alicyclic amines) is 1. The lowest BCUT2D eigenvalue weighted by Gasteiger charge is -2.41. The van der Waals surface area contributed by atoms with Crippen molar-refractivity contribution in [3.05, 3.63) is 33.9 Å². The van der Waals surface area contributed by atoms with E-state index in [0.29, 0.717) is 36.6 Å². The van der Waals surface area contributed by atoms with Crippen LogP contribution < -0.4 is 5.32 Å². The smallest absolute Gasteiger partial charge is 0.283 e. The number of nitrogens with one attached hydrogen (secondary N) is 1. The quantitative estimate of drug-likeness (QED) is 0.483. The molecule has 0 bridgehead atoms. The predicted molar refractivity (Wildman–Crippen MR) is 98.4 cm³/mol. The summed E-state index contributed by atoms with van der Waals surface area (Å²) in [5, 5.41) is 14.3. The van der Waals surface area contributed by atoms with Crippen molar-refractivity contribution in [2.75, 3.05) is 39.0 Å². The van der Waals surface area contributed by atoms with Gasteiger partial charge in [-0.05, 0) is 31.2 Å². The lowest BCUT2D eigenvalue weighted by atomic mass is 10.0. The third kappa shape index (κ3) is 3.83. The predicted octanol–water partition coefficient (Wildman–Crippen LogP) is 1.35. The van der Waals surface area contributed by atoms with E-state index in [0.717, 1.165) is 19.4 Å². The van der Waals surface area contributed by atoms with Crippen molar-refractivity contribution in [2.24, 2.45) is 0 Å². The Kier molecular flexibility index (Phi) is 5.77. The first-order chi connectivity index (χ1) is 12.5. The van der Waals surface area contributed by atoms with Gasteiger partial charge in [-0.15, -0.1) is 11.8 Å². The van der Waals surface area contributed by atoms with Crippen LogP contribution in [0.3, 0.4) is 0 Å². The summed E-state index contributed by atoms with van der Waals surface area (Å²) < 4.78 is 0. The number of hydrogen-bond donors (Lipinski definition) is 1. The average molecular weight is 378 g/mol. The summed E-state index contributed by atoms with van der Waals surface area (Å²) in [4.78, 5) is 39.9. The lowest BCUT2D eigenvalue weighted by Crippen LogP contribution is -2.57. The summed E-state index contributed by atoms with van der Waals surface area (Å²) in [6.45, 7) is 2.83. The van der Waals surface area contributed by atoms with Crippen molar-refractivity contribution in [3.8, 4) is 0 Å². The van der Waals surface area contributed by atoms with Crippen LogP contribution in [0.4, 0.5) is 5.69 Å². The topological polar surface area (TPSA) is 95.8 Å². The van der Waals surface area contributed by atoms with Gasteiger partial charge < -0.3 is 15.1 Å². The summed E-state index contributed by atoms with van der Waals surface area (Å²) in [6, 6.07) is 4.63. The molecule has 2 aliphatic rings. The number of nitro benzene ring substituents is 1. The van der Waals surface area contributed by atoms with Crippen LogP contribution in [0.2, 0.25) is 0 Å². The van der Waals surface area contributed by atoms with Gasteiger partial charge >= 0.3 is 0 Å². The van der Waals surface area contributed by atoms with Gasteiger partial charge in [-0.3, -0.25) is 19.7 Å². The molecule has 2 aliphatic heterocycles. The number of piperazine rings is 1. The van der Waals surface area contributed by atoms with E-state index in [1.165, 1.54) is 17.8 Å². The third-order valence-electron chi connectivity index (χ3n) is 4.87. The Morgan fingerprint density at radius 1 is 1.38 bits per heavy atom. The zero-order valence-electron chi connectivity index (χ0n) is 14.6. The van der Waals surface area contributed by atoms with E-state index >= 15 is 0 Å². The van der Waals surface area contributed by atoms with Crippen molar-refractivity contribution >= 4 is 29.3 Å². The highest BCUT2D eigenvalue weighted by atomic mass is 32.2. The first kappa shape index (κ1) is 18.7. The molecule has 0 aromatic heterocycles. The Balaban J connectivity index is 1.76. The maximum Gasteiger partial charge on any atom is 0.283 e. The van der Waals surface area contributed by atoms with Crippen LogP contribution >= 0.6 is 11.8 Å². The number of amides is 2. The molecule has 0 saturated carbocycles. The van der Waals surface area contributed by atoms with Gasteiger partial charge in [-0.1, -0.05) is 0 Å². The Labute approximate surface area is 156 Å². The Bertz CT molecular complexity index is 727. The zero-order chi connectivity index (χ0) is 18.7. The second kappa shape index (κ2) is 8.05. The number of thioether (sulfide) groups is 1. The molecule has 2 amide bonds. The van der Waals surface area contributed by atoms with E-state index in [2.05, 4.69) is 5.32 Å². The molecule has 1 aromatic carbocycles. The minimum atomic E-state index is -0.457. The molecule has 9 heteroatoms. The maximum atomic E-state index is 12.9. The molecular weight excluding hydrogens is 356 g/mol. The van der Waals surface area contributed by atoms with Gasteiger partial charge in [-0.25, -0.2) is 0 Å². The number of carbonyl (C=O) groups is 2. The molecule has 8 nitrogen and oxygen atoms in total. The SMILES string of the molecule is CSc1ccc(C(=O)N2CCCC(N3CCNCC3=O)C2)cc1[N+](=O)[O-]. The summed E-state index contributed by atoms with van der Waals surface area (Å²) in [5.41, 5.74) is 0.274. The normalized spacial score (nSPS) is 21.0. The zero-order valence-corrected chi connectivity index (χ0v) is 15.5. The maximum absolute atomic E-state index is 12.9. The molecule has 0 spiro atoms. The first-order valence-corrected chi connectivity index (χ1v) is 9.85. The number of hydrogen-bond acceptors (Lipinski definition) is 6. The van der Waals surface area contributed by atoms with E-state index in [9.17, 15) is 19.7 Å². The van der Waals surface area contributed by atoms with Crippen LogP contribution in [0.25, 0.3) is 0 Å². The molecule has 2 heterocycles. The van der Waals surface area contributed by atoms with Crippen molar-refractivity contribution in [2.45, 2.75) is 23.8 Å². The fraction of sp³-hybridized carbons (Fsp3) is 0.529. The molecule has 2 fully saturated rings. The minimum Gasteiger partial charge on any atom is -0.337 e. The molecule has 1 N–H and O–H groups in total. The van der Waals surface area contributed by atoms with Gasteiger partial charge in [0.05, 0.1) is 16.4 Å². The molecule has 1 atom stereocenters. The molecule has 2 saturated heterocycles. The van der Waals surface area contributed by atoms with Crippen molar-refractivity contribution in [3.63, 3.8) is 0 Å². The highest BCUT2D eigenvalue weighted by Gasteiger charge is 2.32.